The molecule has 9 heteroatoms. The van der Waals surface area contributed by atoms with E-state index in [4.69, 9.17) is 9.72 Å². The fourth-order valence-corrected chi connectivity index (χ4v) is 6.40. The van der Waals surface area contributed by atoms with Crippen LogP contribution in [0.25, 0.3) is 11.3 Å². The molecule has 2 atom stereocenters. The lowest BCUT2D eigenvalue weighted by molar-refractivity contribution is 0.00428. The highest BCUT2D eigenvalue weighted by atomic mass is 16.6. The van der Waals surface area contributed by atoms with Crippen molar-refractivity contribution in [1.29, 1.82) is 0 Å². The quantitative estimate of drug-likeness (QED) is 0.267. The second-order valence-corrected chi connectivity index (χ2v) is 13.0. The highest BCUT2D eigenvalue weighted by molar-refractivity contribution is 5.99. The fraction of sp³-hybridized carbons (Fsp3) is 0.351. The second kappa shape index (κ2) is 13.2. The van der Waals surface area contributed by atoms with Gasteiger partial charge < -0.3 is 24.0 Å². The lowest BCUT2D eigenvalue weighted by Crippen LogP contribution is -2.58. The van der Waals surface area contributed by atoms with Crippen LogP contribution in [0.5, 0.6) is 0 Å². The maximum Gasteiger partial charge on any atom is 0.410 e. The van der Waals surface area contributed by atoms with Crippen molar-refractivity contribution in [2.75, 3.05) is 32.7 Å². The van der Waals surface area contributed by atoms with Gasteiger partial charge in [-0.1, -0.05) is 78.9 Å². The Balaban J connectivity index is 1.29. The number of piperazine rings is 1. The molecule has 2 aliphatic heterocycles. The Morgan fingerprint density at radius 2 is 1.43 bits per heavy atom. The van der Waals surface area contributed by atoms with E-state index in [-0.39, 0.29) is 30.0 Å². The Labute approximate surface area is 270 Å². The van der Waals surface area contributed by atoms with Crippen molar-refractivity contribution in [3.63, 3.8) is 0 Å². The average molecular weight is 620 g/mol. The van der Waals surface area contributed by atoms with Gasteiger partial charge in [0.15, 0.2) is 5.69 Å². The van der Waals surface area contributed by atoms with Crippen molar-refractivity contribution in [1.82, 2.24) is 24.3 Å². The maximum atomic E-state index is 14.5. The van der Waals surface area contributed by atoms with Crippen molar-refractivity contribution >= 4 is 17.9 Å². The molecule has 2 fully saturated rings. The van der Waals surface area contributed by atoms with Crippen molar-refractivity contribution in [3.8, 4) is 11.3 Å². The number of carbonyl (C=O) groups excluding carboxylic acids is 3. The predicted molar refractivity (Wildman–Crippen MR) is 176 cm³/mol. The molecular formula is C37H41N5O4. The minimum Gasteiger partial charge on any atom is -0.444 e. The molecule has 3 aromatic carbocycles. The summed E-state index contributed by atoms with van der Waals surface area (Å²) in [6.07, 6.45) is 2.72. The van der Waals surface area contributed by atoms with E-state index in [1.165, 1.54) is 0 Å². The van der Waals surface area contributed by atoms with Crippen LogP contribution < -0.4 is 0 Å². The third-order valence-corrected chi connectivity index (χ3v) is 8.62. The molecule has 0 N–H and O–H groups in total. The first kappa shape index (κ1) is 31.1. The minimum absolute atomic E-state index is 0.00684. The molecule has 2 saturated heterocycles. The molecule has 4 aromatic rings. The number of aromatic nitrogens is 2. The zero-order valence-electron chi connectivity index (χ0n) is 26.7. The molecule has 0 spiro atoms. The van der Waals surface area contributed by atoms with Crippen LogP contribution >= 0.6 is 0 Å². The normalized spacial score (nSPS) is 18.5. The first-order valence-corrected chi connectivity index (χ1v) is 16.0. The Kier molecular flexibility index (Phi) is 8.92. The Bertz CT molecular complexity index is 1670. The van der Waals surface area contributed by atoms with E-state index >= 15 is 0 Å². The van der Waals surface area contributed by atoms with E-state index in [0.717, 1.165) is 23.2 Å². The largest absolute Gasteiger partial charge is 0.444 e. The lowest BCUT2D eigenvalue weighted by Gasteiger charge is -2.41. The lowest BCUT2D eigenvalue weighted by atomic mass is 10.0. The van der Waals surface area contributed by atoms with Gasteiger partial charge in [0.1, 0.15) is 5.60 Å². The molecule has 0 aliphatic carbocycles. The Morgan fingerprint density at radius 1 is 0.783 bits per heavy atom. The number of benzene rings is 3. The molecule has 1 aromatic heterocycles. The fourth-order valence-electron chi connectivity index (χ4n) is 6.40. The number of rotatable bonds is 6. The van der Waals surface area contributed by atoms with Gasteiger partial charge in [0.2, 0.25) is 0 Å². The van der Waals surface area contributed by atoms with Gasteiger partial charge in [0.05, 0.1) is 24.1 Å². The molecule has 0 bridgehead atoms. The predicted octanol–water partition coefficient (Wildman–Crippen LogP) is 5.94. The van der Waals surface area contributed by atoms with Gasteiger partial charge in [-0.25, -0.2) is 9.78 Å². The number of hydrogen-bond donors (Lipinski definition) is 0. The third kappa shape index (κ3) is 6.83. The Hall–Kier alpha value is -4.92. The van der Waals surface area contributed by atoms with E-state index in [9.17, 15) is 14.4 Å². The summed E-state index contributed by atoms with van der Waals surface area (Å²) in [7, 11) is 0. The molecular weight excluding hydrogens is 578 g/mol. The van der Waals surface area contributed by atoms with E-state index in [2.05, 4.69) is 4.57 Å². The zero-order chi connectivity index (χ0) is 32.3. The number of hydrogen-bond acceptors (Lipinski definition) is 5. The number of nitrogens with zero attached hydrogens (tertiary/aromatic N) is 5. The monoisotopic (exact) mass is 619 g/mol. The van der Waals surface area contributed by atoms with Crippen LogP contribution in [0.3, 0.4) is 0 Å². The average Bonchev–Trinajstić information content (AvgIpc) is 3.73. The highest BCUT2D eigenvalue weighted by Gasteiger charge is 2.38. The van der Waals surface area contributed by atoms with Crippen LogP contribution in [0.15, 0.2) is 97.3 Å². The first-order valence-electron chi connectivity index (χ1n) is 16.0. The summed E-state index contributed by atoms with van der Waals surface area (Å²) >= 11 is 0. The molecule has 3 amide bonds. The number of ether oxygens (including phenoxy) is 1. The number of likely N-dealkylation sites (tertiary alicyclic amines) is 1. The van der Waals surface area contributed by atoms with E-state index in [1.54, 1.807) is 11.2 Å². The van der Waals surface area contributed by atoms with Crippen molar-refractivity contribution in [2.45, 2.75) is 51.3 Å². The number of amides is 3. The molecule has 2 aliphatic rings. The molecule has 1 unspecified atom stereocenters. The van der Waals surface area contributed by atoms with Crippen molar-refractivity contribution in [3.05, 3.63) is 114 Å². The van der Waals surface area contributed by atoms with Crippen LogP contribution in [0.4, 0.5) is 4.79 Å². The molecule has 238 valence electrons. The number of carbonyl (C=O) groups is 3. The van der Waals surface area contributed by atoms with E-state index in [1.807, 2.05) is 122 Å². The topological polar surface area (TPSA) is 88.0 Å². The summed E-state index contributed by atoms with van der Waals surface area (Å²) in [5.41, 5.74) is 3.16. The number of imidazole rings is 1. The van der Waals surface area contributed by atoms with Crippen molar-refractivity contribution < 1.29 is 19.1 Å². The molecule has 0 saturated carbocycles. The summed E-state index contributed by atoms with van der Waals surface area (Å²) in [4.78, 5) is 51.0. The SMILES string of the molecule is CC(C)(C)OC(=O)N1CCN(C(=O)c2ncn(C3CCN(C(=O)c4ccccc4)C3)c2-c2ccccc2)[C@H](Cc2ccccc2)C1. The summed E-state index contributed by atoms with van der Waals surface area (Å²) in [6, 6.07) is 28.9. The van der Waals surface area contributed by atoms with Gasteiger partial charge in [-0.15, -0.1) is 0 Å². The van der Waals surface area contributed by atoms with Crippen molar-refractivity contribution in [2.24, 2.45) is 0 Å². The molecule has 46 heavy (non-hydrogen) atoms. The smallest absolute Gasteiger partial charge is 0.410 e. The van der Waals surface area contributed by atoms with Gasteiger partial charge in [0, 0.05) is 43.9 Å². The van der Waals surface area contributed by atoms with Gasteiger partial charge in [-0.05, 0) is 51.3 Å². The van der Waals surface area contributed by atoms with Crippen LogP contribution in [0.2, 0.25) is 0 Å². The first-order chi connectivity index (χ1) is 22.2. The van der Waals surface area contributed by atoms with E-state index in [0.29, 0.717) is 50.4 Å². The van der Waals surface area contributed by atoms with Gasteiger partial charge in [-0.3, -0.25) is 9.59 Å². The Morgan fingerprint density at radius 3 is 2.11 bits per heavy atom. The van der Waals surface area contributed by atoms with Crippen LogP contribution in [0, 0.1) is 0 Å². The second-order valence-electron chi connectivity index (χ2n) is 13.0. The minimum atomic E-state index is -0.613. The summed E-state index contributed by atoms with van der Waals surface area (Å²) in [5.74, 6) is -0.162. The molecule has 3 heterocycles. The molecule has 6 rings (SSSR count). The van der Waals surface area contributed by atoms with Crippen LogP contribution in [-0.2, 0) is 11.2 Å². The highest BCUT2D eigenvalue weighted by Crippen LogP contribution is 2.33. The van der Waals surface area contributed by atoms with E-state index < -0.39 is 5.60 Å². The van der Waals surface area contributed by atoms with Gasteiger partial charge in [0.25, 0.3) is 11.8 Å². The summed E-state index contributed by atoms with van der Waals surface area (Å²) < 4.78 is 7.76. The summed E-state index contributed by atoms with van der Waals surface area (Å²) in [5, 5.41) is 0. The van der Waals surface area contributed by atoms with Gasteiger partial charge >= 0.3 is 6.09 Å². The zero-order valence-corrected chi connectivity index (χ0v) is 26.7. The van der Waals surface area contributed by atoms with Gasteiger partial charge in [-0.2, -0.15) is 0 Å². The third-order valence-electron chi connectivity index (χ3n) is 8.62. The maximum absolute atomic E-state index is 14.5. The summed E-state index contributed by atoms with van der Waals surface area (Å²) in [6.45, 7) is 7.81. The van der Waals surface area contributed by atoms with Crippen LogP contribution in [-0.4, -0.2) is 86.5 Å². The van der Waals surface area contributed by atoms with Crippen LogP contribution in [0.1, 0.15) is 59.6 Å². The standard InChI is InChI=1S/C37H41N5O4/c1-37(2,3)46-36(45)40-21-22-41(31(25-40)23-27-13-7-4-8-14-27)35(44)32-33(28-15-9-5-10-16-28)42(26-38-32)30-19-20-39(24-30)34(43)29-17-11-6-12-18-29/h4-18,26,30-31H,19-25H2,1-3H3/t30?,31-/m1/s1. The molecule has 0 radical (unpaired) electrons. The molecule has 9 nitrogen and oxygen atoms in total.